The third-order valence-electron chi connectivity index (χ3n) is 3.55. The minimum atomic E-state index is -0.230. The van der Waals surface area contributed by atoms with Crippen LogP contribution in [-0.4, -0.2) is 16.2 Å². The van der Waals surface area contributed by atoms with Gasteiger partial charge in [-0.05, 0) is 37.1 Å². The molecule has 1 aromatic heterocycles. The van der Waals surface area contributed by atoms with Crippen LogP contribution in [0.25, 0.3) is 0 Å². The summed E-state index contributed by atoms with van der Waals surface area (Å²) in [6.07, 6.45) is 3.16. The Morgan fingerprint density at radius 2 is 2.10 bits per heavy atom. The minimum Gasteiger partial charge on any atom is -0.339 e. The van der Waals surface area contributed by atoms with Gasteiger partial charge in [-0.2, -0.15) is 4.98 Å². The van der Waals surface area contributed by atoms with Crippen LogP contribution in [0.4, 0.5) is 4.39 Å². The van der Waals surface area contributed by atoms with Gasteiger partial charge in [-0.1, -0.05) is 11.6 Å². The van der Waals surface area contributed by atoms with E-state index in [1.807, 2.05) is 0 Å². The number of hydrogen-bond acceptors (Lipinski definition) is 5. The molecule has 0 saturated heterocycles. The molecule has 106 valence electrons. The van der Waals surface area contributed by atoms with Gasteiger partial charge in [-0.25, -0.2) is 4.39 Å². The van der Waals surface area contributed by atoms with Crippen LogP contribution in [0.3, 0.4) is 0 Å². The summed E-state index contributed by atoms with van der Waals surface area (Å²) in [5.41, 5.74) is 6.03. The highest BCUT2D eigenvalue weighted by atomic mass is 32.2. The maximum absolute atomic E-state index is 12.8. The number of benzene rings is 1. The Bertz CT molecular complexity index is 572. The molecule has 1 saturated carbocycles. The Morgan fingerprint density at radius 3 is 2.80 bits per heavy atom. The number of nitrogens with zero attached hydrogens (tertiary/aromatic N) is 2. The third kappa shape index (κ3) is 3.02. The molecule has 2 aromatic rings. The van der Waals surface area contributed by atoms with E-state index in [1.165, 1.54) is 12.1 Å². The number of aromatic nitrogens is 2. The van der Waals surface area contributed by atoms with Crippen LogP contribution in [0, 0.1) is 5.82 Å². The summed E-state index contributed by atoms with van der Waals surface area (Å²) in [6.45, 7) is 0. The van der Waals surface area contributed by atoms with Gasteiger partial charge in [0.15, 0.2) is 5.82 Å². The van der Waals surface area contributed by atoms with E-state index in [0.29, 0.717) is 17.5 Å². The van der Waals surface area contributed by atoms with Crippen LogP contribution in [0.5, 0.6) is 0 Å². The smallest absolute Gasteiger partial charge is 0.231 e. The predicted molar refractivity (Wildman–Crippen MR) is 74.8 cm³/mol. The quantitative estimate of drug-likeness (QED) is 0.877. The molecule has 1 aromatic carbocycles. The van der Waals surface area contributed by atoms with Gasteiger partial charge in [-0.3, -0.25) is 0 Å². The Balaban J connectivity index is 1.61. The topological polar surface area (TPSA) is 64.9 Å². The second kappa shape index (κ2) is 5.93. The van der Waals surface area contributed by atoms with Gasteiger partial charge in [0.1, 0.15) is 5.82 Å². The predicted octanol–water partition coefficient (Wildman–Crippen LogP) is 3.10. The van der Waals surface area contributed by atoms with Crippen LogP contribution in [-0.2, 0) is 5.75 Å². The summed E-state index contributed by atoms with van der Waals surface area (Å²) in [5, 5.41) is 3.99. The lowest BCUT2D eigenvalue weighted by molar-refractivity contribution is 0.342. The van der Waals surface area contributed by atoms with Crippen molar-refractivity contribution in [1.82, 2.24) is 10.1 Å². The lowest BCUT2D eigenvalue weighted by Crippen LogP contribution is -2.22. The van der Waals surface area contributed by atoms with E-state index in [1.54, 1.807) is 23.9 Å². The molecule has 1 aliphatic carbocycles. The van der Waals surface area contributed by atoms with E-state index in [4.69, 9.17) is 10.3 Å². The molecule has 1 heterocycles. The van der Waals surface area contributed by atoms with Crippen molar-refractivity contribution in [2.45, 2.75) is 41.9 Å². The maximum Gasteiger partial charge on any atom is 0.231 e. The Morgan fingerprint density at radius 1 is 1.30 bits per heavy atom. The molecule has 20 heavy (non-hydrogen) atoms. The van der Waals surface area contributed by atoms with Gasteiger partial charge in [0.25, 0.3) is 0 Å². The van der Waals surface area contributed by atoms with Crippen LogP contribution in [0.2, 0.25) is 0 Å². The van der Waals surface area contributed by atoms with Crippen molar-refractivity contribution in [3.63, 3.8) is 0 Å². The number of halogens is 1. The first-order valence-corrected chi connectivity index (χ1v) is 7.67. The van der Waals surface area contributed by atoms with E-state index in [0.717, 1.165) is 24.2 Å². The zero-order valence-corrected chi connectivity index (χ0v) is 11.8. The van der Waals surface area contributed by atoms with Gasteiger partial charge >= 0.3 is 0 Å². The molecule has 3 rings (SSSR count). The van der Waals surface area contributed by atoms with Crippen LogP contribution in [0.15, 0.2) is 33.7 Å². The highest BCUT2D eigenvalue weighted by Gasteiger charge is 2.30. The van der Waals surface area contributed by atoms with Crippen molar-refractivity contribution in [3.8, 4) is 0 Å². The molecular weight excluding hydrogens is 277 g/mol. The molecule has 1 fully saturated rings. The Labute approximate surface area is 120 Å². The SMILES string of the molecule is NC1CCCC1c1nc(CSc2ccc(F)cc2)no1. The van der Waals surface area contributed by atoms with E-state index < -0.39 is 0 Å². The first-order chi connectivity index (χ1) is 9.72. The highest BCUT2D eigenvalue weighted by Crippen LogP contribution is 2.32. The van der Waals surface area contributed by atoms with Crippen LogP contribution in [0.1, 0.15) is 36.9 Å². The largest absolute Gasteiger partial charge is 0.339 e. The molecule has 0 spiro atoms. The van der Waals surface area contributed by atoms with E-state index in [2.05, 4.69) is 10.1 Å². The van der Waals surface area contributed by atoms with E-state index in [9.17, 15) is 4.39 Å². The molecule has 2 atom stereocenters. The van der Waals surface area contributed by atoms with Crippen molar-refractivity contribution in [1.29, 1.82) is 0 Å². The summed E-state index contributed by atoms with van der Waals surface area (Å²) < 4.78 is 18.1. The maximum atomic E-state index is 12.8. The lowest BCUT2D eigenvalue weighted by Gasteiger charge is -2.08. The molecule has 0 amide bonds. The van der Waals surface area contributed by atoms with E-state index >= 15 is 0 Å². The zero-order valence-electron chi connectivity index (χ0n) is 11.0. The molecule has 4 nitrogen and oxygen atoms in total. The molecule has 0 bridgehead atoms. The molecule has 2 N–H and O–H groups in total. The van der Waals surface area contributed by atoms with Crippen molar-refractivity contribution >= 4 is 11.8 Å². The summed E-state index contributed by atoms with van der Waals surface area (Å²) >= 11 is 1.56. The standard InChI is InChI=1S/C14H16FN3OS/c15-9-4-6-10(7-5-9)20-8-13-17-14(19-18-13)11-2-1-3-12(11)16/h4-7,11-12H,1-3,8,16H2. The van der Waals surface area contributed by atoms with Gasteiger partial charge in [-0.15, -0.1) is 11.8 Å². The fraction of sp³-hybridized carbons (Fsp3) is 0.429. The van der Waals surface area contributed by atoms with Crippen molar-refractivity contribution in [2.75, 3.05) is 0 Å². The number of hydrogen-bond donors (Lipinski definition) is 1. The third-order valence-corrected chi connectivity index (χ3v) is 4.56. The van der Waals surface area contributed by atoms with Gasteiger partial charge in [0.05, 0.1) is 11.7 Å². The normalized spacial score (nSPS) is 22.3. The second-order valence-corrected chi connectivity index (χ2v) is 6.04. The first kappa shape index (κ1) is 13.6. The Kier molecular flexibility index (Phi) is 4.03. The first-order valence-electron chi connectivity index (χ1n) is 6.69. The second-order valence-electron chi connectivity index (χ2n) is 4.99. The van der Waals surface area contributed by atoms with Crippen molar-refractivity contribution < 1.29 is 8.91 Å². The van der Waals surface area contributed by atoms with Crippen molar-refractivity contribution in [3.05, 3.63) is 41.8 Å². The van der Waals surface area contributed by atoms with Gasteiger partial charge < -0.3 is 10.3 Å². The minimum absolute atomic E-state index is 0.132. The summed E-state index contributed by atoms with van der Waals surface area (Å²) in [6, 6.07) is 6.51. The van der Waals surface area contributed by atoms with E-state index in [-0.39, 0.29) is 17.8 Å². The highest BCUT2D eigenvalue weighted by molar-refractivity contribution is 7.98. The van der Waals surface area contributed by atoms with Crippen molar-refractivity contribution in [2.24, 2.45) is 5.73 Å². The number of thioether (sulfide) groups is 1. The molecular formula is C14H16FN3OS. The Hall–Kier alpha value is -1.40. The molecule has 2 unspecified atom stereocenters. The molecule has 0 aliphatic heterocycles. The summed E-state index contributed by atoms with van der Waals surface area (Å²) in [7, 11) is 0. The molecule has 0 radical (unpaired) electrons. The van der Waals surface area contributed by atoms with Crippen LogP contribution < -0.4 is 5.73 Å². The van der Waals surface area contributed by atoms with Crippen LogP contribution >= 0.6 is 11.8 Å². The molecule has 1 aliphatic rings. The zero-order chi connectivity index (χ0) is 13.9. The number of nitrogens with two attached hydrogens (primary N) is 1. The average Bonchev–Trinajstić information content (AvgIpc) is 3.06. The van der Waals surface area contributed by atoms with Gasteiger partial charge in [0, 0.05) is 10.9 Å². The fourth-order valence-electron chi connectivity index (χ4n) is 2.45. The molecule has 6 heteroatoms. The summed E-state index contributed by atoms with van der Waals surface area (Å²) in [4.78, 5) is 5.40. The average molecular weight is 293 g/mol. The fourth-order valence-corrected chi connectivity index (χ4v) is 3.19. The van der Waals surface area contributed by atoms with Gasteiger partial charge in [0.2, 0.25) is 5.89 Å². The lowest BCUT2D eigenvalue weighted by atomic mass is 10.1. The number of rotatable bonds is 4. The monoisotopic (exact) mass is 293 g/mol. The summed E-state index contributed by atoms with van der Waals surface area (Å²) in [5.74, 6) is 1.90.